The van der Waals surface area contributed by atoms with Gasteiger partial charge in [-0.25, -0.2) is 19.3 Å². The van der Waals surface area contributed by atoms with Crippen molar-refractivity contribution in [3.63, 3.8) is 0 Å². The number of benzene rings is 1. The second-order valence-corrected chi connectivity index (χ2v) is 6.83. The fraction of sp³-hybridized carbons (Fsp3) is 0.190. The molecule has 8 heteroatoms. The molecule has 0 saturated carbocycles. The van der Waals surface area contributed by atoms with Gasteiger partial charge >= 0.3 is 0 Å². The Labute approximate surface area is 167 Å². The summed E-state index contributed by atoms with van der Waals surface area (Å²) in [6, 6.07) is 8.28. The number of aryl methyl sites for hydroxylation is 2. The number of aromatic nitrogens is 4. The average Bonchev–Trinajstić information content (AvgIpc) is 3.05. The van der Waals surface area contributed by atoms with Crippen molar-refractivity contribution in [2.24, 2.45) is 0 Å². The topological polar surface area (TPSA) is 98.8 Å². The number of rotatable bonds is 6. The highest BCUT2D eigenvalue weighted by atomic mass is 19.1. The van der Waals surface area contributed by atoms with Crippen molar-refractivity contribution in [3.05, 3.63) is 65.5 Å². The van der Waals surface area contributed by atoms with E-state index in [-0.39, 0.29) is 11.6 Å². The second-order valence-electron chi connectivity index (χ2n) is 6.83. The zero-order chi connectivity index (χ0) is 20.4. The average molecular weight is 392 g/mol. The maximum Gasteiger partial charge on any atom is 0.147 e. The minimum atomic E-state index is -0.234. The van der Waals surface area contributed by atoms with Crippen molar-refractivity contribution in [2.75, 3.05) is 17.2 Å². The quantitative estimate of drug-likeness (QED) is 0.392. The molecule has 7 nitrogen and oxygen atoms in total. The van der Waals surface area contributed by atoms with Gasteiger partial charge in [-0.1, -0.05) is 6.07 Å². The first-order valence-corrected chi connectivity index (χ1v) is 9.25. The van der Waals surface area contributed by atoms with Crippen LogP contribution in [0.15, 0.2) is 42.9 Å². The van der Waals surface area contributed by atoms with E-state index in [4.69, 9.17) is 0 Å². The molecule has 4 rings (SSSR count). The monoisotopic (exact) mass is 392 g/mol. The number of hydrogen-bond acceptors (Lipinski definition) is 6. The first kappa shape index (κ1) is 18.7. The van der Waals surface area contributed by atoms with Crippen LogP contribution in [0.25, 0.3) is 10.9 Å². The standard InChI is InChI=1S/C21H21FN6O/c1-12-3-5-16(22)21-20(12)15(13(2)27-21)7-8-23-18-9-19(26-11-25-18)28-17-6-4-14(29)10-24-17/h3-6,9-11,27,29H,7-8H2,1-2H3,(H2,23,24,25,26,28). The largest absolute Gasteiger partial charge is 0.506 e. The SMILES string of the molecule is Cc1[nH]c2c(F)ccc(C)c2c1CCNc1cc(Nc2ccc(O)cn2)ncn1. The number of aromatic amines is 1. The maximum atomic E-state index is 14.1. The van der Waals surface area contributed by atoms with Crippen molar-refractivity contribution in [2.45, 2.75) is 20.3 Å². The van der Waals surface area contributed by atoms with Gasteiger partial charge in [-0.15, -0.1) is 0 Å². The van der Waals surface area contributed by atoms with Crippen LogP contribution in [-0.4, -0.2) is 31.6 Å². The van der Waals surface area contributed by atoms with Crippen LogP contribution in [-0.2, 0) is 6.42 Å². The third kappa shape index (κ3) is 3.96. The van der Waals surface area contributed by atoms with E-state index in [0.717, 1.165) is 28.6 Å². The number of hydrogen-bond donors (Lipinski definition) is 4. The molecule has 0 unspecified atom stereocenters. The third-order valence-corrected chi connectivity index (χ3v) is 4.78. The fourth-order valence-corrected chi connectivity index (χ4v) is 3.38. The van der Waals surface area contributed by atoms with Gasteiger partial charge < -0.3 is 20.7 Å². The summed E-state index contributed by atoms with van der Waals surface area (Å²) in [5, 5.41) is 16.6. The summed E-state index contributed by atoms with van der Waals surface area (Å²) >= 11 is 0. The van der Waals surface area contributed by atoms with E-state index in [1.165, 1.54) is 18.6 Å². The molecule has 0 saturated heterocycles. The minimum Gasteiger partial charge on any atom is -0.506 e. The zero-order valence-corrected chi connectivity index (χ0v) is 16.1. The molecule has 148 valence electrons. The van der Waals surface area contributed by atoms with Crippen LogP contribution < -0.4 is 10.6 Å². The number of nitrogens with zero attached hydrogens (tertiary/aromatic N) is 3. The molecule has 0 spiro atoms. The molecule has 0 aliphatic carbocycles. The van der Waals surface area contributed by atoms with Gasteiger partial charge in [-0.05, 0) is 49.6 Å². The molecule has 0 aliphatic heterocycles. The van der Waals surface area contributed by atoms with Crippen LogP contribution >= 0.6 is 0 Å². The Bertz CT molecular complexity index is 1160. The molecule has 3 heterocycles. The summed E-state index contributed by atoms with van der Waals surface area (Å²) in [6.07, 6.45) is 3.54. The molecular weight excluding hydrogens is 371 g/mol. The van der Waals surface area contributed by atoms with Crippen LogP contribution in [0, 0.1) is 19.7 Å². The number of aromatic hydroxyl groups is 1. The summed E-state index contributed by atoms with van der Waals surface area (Å²) in [6.45, 7) is 4.59. The van der Waals surface area contributed by atoms with Crippen LogP contribution in [0.1, 0.15) is 16.8 Å². The van der Waals surface area contributed by atoms with E-state index in [9.17, 15) is 9.50 Å². The molecule has 4 N–H and O–H groups in total. The Morgan fingerprint density at radius 2 is 1.86 bits per heavy atom. The van der Waals surface area contributed by atoms with E-state index in [2.05, 4.69) is 30.6 Å². The van der Waals surface area contributed by atoms with Gasteiger partial charge in [0.1, 0.15) is 35.3 Å². The van der Waals surface area contributed by atoms with Crippen molar-refractivity contribution in [1.29, 1.82) is 0 Å². The van der Waals surface area contributed by atoms with Crippen LogP contribution in [0.4, 0.5) is 21.8 Å². The Morgan fingerprint density at radius 1 is 1.03 bits per heavy atom. The predicted molar refractivity (Wildman–Crippen MR) is 111 cm³/mol. The summed E-state index contributed by atoms with van der Waals surface area (Å²) in [7, 11) is 0. The first-order chi connectivity index (χ1) is 14.0. The lowest BCUT2D eigenvalue weighted by Gasteiger charge is -2.09. The first-order valence-electron chi connectivity index (χ1n) is 9.25. The minimum absolute atomic E-state index is 0.100. The van der Waals surface area contributed by atoms with E-state index in [0.29, 0.717) is 29.5 Å². The molecule has 0 amide bonds. The second kappa shape index (κ2) is 7.75. The van der Waals surface area contributed by atoms with E-state index in [1.807, 2.05) is 19.9 Å². The summed E-state index contributed by atoms with van der Waals surface area (Å²) in [5.74, 6) is 1.69. The number of H-pyrrole nitrogens is 1. The van der Waals surface area contributed by atoms with E-state index >= 15 is 0 Å². The molecule has 0 fully saturated rings. The normalized spacial score (nSPS) is 11.0. The van der Waals surface area contributed by atoms with Crippen molar-refractivity contribution in [3.8, 4) is 5.75 Å². The highest BCUT2D eigenvalue weighted by molar-refractivity contribution is 5.88. The van der Waals surface area contributed by atoms with Crippen LogP contribution in [0.2, 0.25) is 0 Å². The third-order valence-electron chi connectivity index (χ3n) is 4.78. The Balaban J connectivity index is 1.45. The lowest BCUT2D eigenvalue weighted by molar-refractivity contribution is 0.473. The van der Waals surface area contributed by atoms with E-state index in [1.54, 1.807) is 18.2 Å². The predicted octanol–water partition coefficient (Wildman–Crippen LogP) is 4.21. The Morgan fingerprint density at radius 3 is 2.66 bits per heavy atom. The van der Waals surface area contributed by atoms with Gasteiger partial charge in [0.2, 0.25) is 0 Å². The van der Waals surface area contributed by atoms with Gasteiger partial charge in [0.15, 0.2) is 0 Å². The van der Waals surface area contributed by atoms with Crippen molar-refractivity contribution >= 4 is 28.4 Å². The van der Waals surface area contributed by atoms with Crippen molar-refractivity contribution in [1.82, 2.24) is 19.9 Å². The highest BCUT2D eigenvalue weighted by Crippen LogP contribution is 2.28. The van der Waals surface area contributed by atoms with Gasteiger partial charge in [-0.3, -0.25) is 0 Å². The number of pyridine rings is 1. The number of anilines is 3. The van der Waals surface area contributed by atoms with Crippen LogP contribution in [0.5, 0.6) is 5.75 Å². The maximum absolute atomic E-state index is 14.1. The van der Waals surface area contributed by atoms with Crippen molar-refractivity contribution < 1.29 is 9.50 Å². The number of fused-ring (bicyclic) bond motifs is 1. The lowest BCUT2D eigenvalue weighted by atomic mass is 10.0. The Hall–Kier alpha value is -3.68. The zero-order valence-electron chi connectivity index (χ0n) is 16.1. The number of halogens is 1. The molecule has 29 heavy (non-hydrogen) atoms. The molecular formula is C21H21FN6O. The van der Waals surface area contributed by atoms with Gasteiger partial charge in [0, 0.05) is 23.7 Å². The summed E-state index contributed by atoms with van der Waals surface area (Å²) in [5.41, 5.74) is 3.69. The highest BCUT2D eigenvalue weighted by Gasteiger charge is 2.13. The van der Waals surface area contributed by atoms with E-state index < -0.39 is 0 Å². The molecule has 4 aromatic rings. The molecule has 1 aromatic carbocycles. The molecule has 0 atom stereocenters. The lowest BCUT2D eigenvalue weighted by Crippen LogP contribution is -2.08. The Kier molecular flexibility index (Phi) is 4.99. The van der Waals surface area contributed by atoms with Crippen LogP contribution in [0.3, 0.4) is 0 Å². The molecule has 0 radical (unpaired) electrons. The summed E-state index contributed by atoms with van der Waals surface area (Å²) < 4.78 is 14.1. The van der Waals surface area contributed by atoms with Gasteiger partial charge in [0.05, 0.1) is 11.7 Å². The molecule has 3 aromatic heterocycles. The number of nitrogens with one attached hydrogen (secondary N) is 3. The van der Waals surface area contributed by atoms with Gasteiger partial charge in [-0.2, -0.15) is 0 Å². The fourth-order valence-electron chi connectivity index (χ4n) is 3.38. The molecule has 0 aliphatic rings. The summed E-state index contributed by atoms with van der Waals surface area (Å²) in [4.78, 5) is 15.7. The molecule has 0 bridgehead atoms. The smallest absolute Gasteiger partial charge is 0.147 e. The van der Waals surface area contributed by atoms with Gasteiger partial charge in [0.25, 0.3) is 0 Å².